The van der Waals surface area contributed by atoms with Crippen LogP contribution in [0.2, 0.25) is 0 Å². The van der Waals surface area contributed by atoms with Crippen LogP contribution in [0.3, 0.4) is 0 Å². The second kappa shape index (κ2) is 5.69. The second-order valence-corrected chi connectivity index (χ2v) is 4.42. The van der Waals surface area contributed by atoms with Gasteiger partial charge in [-0.2, -0.15) is 0 Å². The van der Waals surface area contributed by atoms with Gasteiger partial charge in [0.1, 0.15) is 0 Å². The van der Waals surface area contributed by atoms with Gasteiger partial charge < -0.3 is 9.84 Å². The third kappa shape index (κ3) is 2.23. The first kappa shape index (κ1) is 15.0. The number of carbonyl (C=O) groups is 1. The topological polar surface area (TPSA) is 46.5 Å². The number of halogens is 2. The Hall–Kier alpha value is -1.10. The quantitative estimate of drug-likeness (QED) is 0.930. The van der Waals surface area contributed by atoms with E-state index in [4.69, 9.17) is 4.74 Å². The number of carboxylic acids is 1. The maximum Gasteiger partial charge on any atom is 0.314 e. The lowest BCUT2D eigenvalue weighted by atomic mass is 9.78. The molecule has 100 valence electrons. The average Bonchev–Trinajstić information content (AvgIpc) is 2.78. The third-order valence-electron chi connectivity index (χ3n) is 3.55. The lowest BCUT2D eigenvalue weighted by molar-refractivity contribution is -0.143. The van der Waals surface area contributed by atoms with E-state index >= 15 is 0 Å². The Morgan fingerprint density at radius 1 is 1.39 bits per heavy atom. The van der Waals surface area contributed by atoms with Crippen LogP contribution in [0.1, 0.15) is 31.2 Å². The summed E-state index contributed by atoms with van der Waals surface area (Å²) < 4.78 is 18.6. The molecule has 1 fully saturated rings. The average molecular weight is 319 g/mol. The first-order valence-corrected chi connectivity index (χ1v) is 5.68. The summed E-state index contributed by atoms with van der Waals surface area (Å²) in [6, 6.07) is 4.48. The van der Waals surface area contributed by atoms with Gasteiger partial charge in [0, 0.05) is 5.56 Å². The molecule has 0 aromatic heterocycles. The number of methoxy groups -OCH3 is 1. The Morgan fingerprint density at radius 3 is 2.50 bits per heavy atom. The molecule has 0 spiro atoms. The van der Waals surface area contributed by atoms with E-state index in [1.807, 2.05) is 0 Å². The summed E-state index contributed by atoms with van der Waals surface area (Å²) in [4.78, 5) is 11.5. The van der Waals surface area contributed by atoms with Gasteiger partial charge in [-0.3, -0.25) is 4.79 Å². The molecule has 18 heavy (non-hydrogen) atoms. The Labute approximate surface area is 116 Å². The van der Waals surface area contributed by atoms with Crippen LogP contribution in [0.5, 0.6) is 5.75 Å². The number of carboxylic acid groups (broad SMARTS) is 1. The van der Waals surface area contributed by atoms with Crippen molar-refractivity contribution in [3.8, 4) is 5.75 Å². The number of benzene rings is 1. The van der Waals surface area contributed by atoms with Crippen molar-refractivity contribution in [1.29, 1.82) is 0 Å². The molecule has 0 bridgehead atoms. The molecule has 0 aliphatic heterocycles. The fourth-order valence-electron chi connectivity index (χ4n) is 2.67. The molecule has 1 aliphatic rings. The first-order valence-electron chi connectivity index (χ1n) is 5.68. The SMILES string of the molecule is Br.COc1c(F)cccc1C1(C(=O)O)CCCC1. The molecule has 2 rings (SSSR count). The van der Waals surface area contributed by atoms with Crippen molar-refractivity contribution in [2.45, 2.75) is 31.1 Å². The van der Waals surface area contributed by atoms with Crippen LogP contribution in [0.25, 0.3) is 0 Å². The van der Waals surface area contributed by atoms with Gasteiger partial charge in [0.2, 0.25) is 0 Å². The van der Waals surface area contributed by atoms with E-state index in [1.54, 1.807) is 6.07 Å². The fourth-order valence-corrected chi connectivity index (χ4v) is 2.67. The lowest BCUT2D eigenvalue weighted by Gasteiger charge is -2.26. The Morgan fingerprint density at radius 2 is 2.00 bits per heavy atom. The minimum absolute atomic E-state index is 0. The number of ether oxygens (including phenoxy) is 1. The smallest absolute Gasteiger partial charge is 0.314 e. The standard InChI is InChI=1S/C13H15FO3.BrH/c1-17-11-9(5-4-6-10(11)14)13(12(15)16)7-2-3-8-13;/h4-6H,2-3,7-8H2,1H3,(H,15,16);1H. The highest BCUT2D eigenvalue weighted by molar-refractivity contribution is 8.93. The van der Waals surface area contributed by atoms with Crippen molar-refractivity contribution in [3.05, 3.63) is 29.6 Å². The molecular weight excluding hydrogens is 303 g/mol. The number of hydrogen-bond acceptors (Lipinski definition) is 2. The molecular formula is C13H16BrFO3. The Balaban J connectivity index is 0.00000162. The third-order valence-corrected chi connectivity index (χ3v) is 3.55. The minimum Gasteiger partial charge on any atom is -0.493 e. The van der Waals surface area contributed by atoms with E-state index in [1.165, 1.54) is 19.2 Å². The Bertz CT molecular complexity index is 442. The van der Waals surface area contributed by atoms with Crippen LogP contribution in [0.4, 0.5) is 4.39 Å². The molecule has 1 aromatic carbocycles. The molecule has 0 unspecified atom stereocenters. The lowest BCUT2D eigenvalue weighted by Crippen LogP contribution is -2.33. The molecule has 3 nitrogen and oxygen atoms in total. The van der Waals surface area contributed by atoms with Crippen molar-refractivity contribution in [1.82, 2.24) is 0 Å². The molecule has 0 amide bonds. The molecule has 1 aliphatic carbocycles. The summed E-state index contributed by atoms with van der Waals surface area (Å²) >= 11 is 0. The van der Waals surface area contributed by atoms with Gasteiger partial charge in [0.25, 0.3) is 0 Å². The zero-order valence-electron chi connectivity index (χ0n) is 10.1. The molecule has 1 aromatic rings. The van der Waals surface area contributed by atoms with Crippen molar-refractivity contribution >= 4 is 23.0 Å². The highest BCUT2D eigenvalue weighted by Gasteiger charge is 2.45. The zero-order chi connectivity index (χ0) is 12.5. The van der Waals surface area contributed by atoms with Crippen LogP contribution >= 0.6 is 17.0 Å². The summed E-state index contributed by atoms with van der Waals surface area (Å²) in [5, 5.41) is 9.45. The van der Waals surface area contributed by atoms with E-state index in [-0.39, 0.29) is 22.7 Å². The van der Waals surface area contributed by atoms with Crippen LogP contribution in [-0.4, -0.2) is 18.2 Å². The van der Waals surface area contributed by atoms with Crippen LogP contribution in [0, 0.1) is 5.82 Å². The van der Waals surface area contributed by atoms with Crippen molar-refractivity contribution in [2.75, 3.05) is 7.11 Å². The second-order valence-electron chi connectivity index (χ2n) is 4.42. The monoisotopic (exact) mass is 318 g/mol. The number of hydrogen-bond donors (Lipinski definition) is 1. The summed E-state index contributed by atoms with van der Waals surface area (Å²) in [5.41, 5.74) is -0.516. The zero-order valence-corrected chi connectivity index (χ0v) is 11.8. The predicted octanol–water partition coefficient (Wildman–Crippen LogP) is 3.31. The first-order chi connectivity index (χ1) is 8.12. The molecule has 0 saturated heterocycles. The number of rotatable bonds is 3. The van der Waals surface area contributed by atoms with Crippen LogP contribution in [0.15, 0.2) is 18.2 Å². The van der Waals surface area contributed by atoms with E-state index in [0.29, 0.717) is 18.4 Å². The summed E-state index contributed by atoms with van der Waals surface area (Å²) in [6.07, 6.45) is 2.79. The maximum atomic E-state index is 13.6. The van der Waals surface area contributed by atoms with Crippen LogP contribution < -0.4 is 4.74 Å². The van der Waals surface area contributed by atoms with Gasteiger partial charge in [-0.05, 0) is 18.9 Å². The maximum absolute atomic E-state index is 13.6. The highest BCUT2D eigenvalue weighted by atomic mass is 79.9. The molecule has 5 heteroatoms. The normalized spacial score (nSPS) is 17.0. The molecule has 0 radical (unpaired) electrons. The van der Waals surface area contributed by atoms with Gasteiger partial charge >= 0.3 is 5.97 Å². The van der Waals surface area contributed by atoms with Gasteiger partial charge in [0.05, 0.1) is 12.5 Å². The predicted molar refractivity (Wildman–Crippen MR) is 71.1 cm³/mol. The molecule has 1 saturated carbocycles. The van der Waals surface area contributed by atoms with Crippen molar-refractivity contribution < 1.29 is 19.0 Å². The summed E-state index contributed by atoms with van der Waals surface area (Å²) in [5.74, 6) is -1.33. The number of aliphatic carboxylic acids is 1. The largest absolute Gasteiger partial charge is 0.493 e. The fraction of sp³-hybridized carbons (Fsp3) is 0.462. The van der Waals surface area contributed by atoms with Gasteiger partial charge in [-0.25, -0.2) is 4.39 Å². The molecule has 0 heterocycles. The van der Waals surface area contributed by atoms with Gasteiger partial charge in [-0.1, -0.05) is 25.0 Å². The minimum atomic E-state index is -0.979. The van der Waals surface area contributed by atoms with E-state index in [0.717, 1.165) is 12.8 Å². The van der Waals surface area contributed by atoms with Crippen LogP contribution in [-0.2, 0) is 10.2 Å². The summed E-state index contributed by atoms with van der Waals surface area (Å²) in [7, 11) is 1.37. The van der Waals surface area contributed by atoms with Crippen molar-refractivity contribution in [3.63, 3.8) is 0 Å². The van der Waals surface area contributed by atoms with Crippen molar-refractivity contribution in [2.24, 2.45) is 0 Å². The highest BCUT2D eigenvalue weighted by Crippen LogP contribution is 2.45. The number of para-hydroxylation sites is 1. The van der Waals surface area contributed by atoms with E-state index < -0.39 is 17.2 Å². The molecule has 0 atom stereocenters. The molecule has 1 N–H and O–H groups in total. The van der Waals surface area contributed by atoms with E-state index in [2.05, 4.69) is 0 Å². The van der Waals surface area contributed by atoms with Gasteiger partial charge in [-0.15, -0.1) is 17.0 Å². The van der Waals surface area contributed by atoms with Gasteiger partial charge in [0.15, 0.2) is 11.6 Å². The summed E-state index contributed by atoms with van der Waals surface area (Å²) in [6.45, 7) is 0. The Kier molecular flexibility index (Phi) is 4.73. The van der Waals surface area contributed by atoms with E-state index in [9.17, 15) is 14.3 Å².